The highest BCUT2D eigenvalue weighted by Gasteiger charge is 2.08. The second-order valence-corrected chi connectivity index (χ2v) is 5.61. The average Bonchev–Trinajstić information content (AvgIpc) is 2.72. The third-order valence-electron chi connectivity index (χ3n) is 3.70. The standard InChI is InChI=1S/C22H16N2O3/c25-24(26)21-14-11-19(12-15-21)17-23-27-22(20-9-5-2-6-10-20)16-13-18-7-3-1-4-8-18/h1-12,14-15,17,22H/b23-17+. The lowest BCUT2D eigenvalue weighted by Gasteiger charge is -2.08. The highest BCUT2D eigenvalue weighted by Crippen LogP contribution is 2.17. The van der Waals surface area contributed by atoms with Crippen LogP contribution < -0.4 is 0 Å². The minimum absolute atomic E-state index is 0.0314. The summed E-state index contributed by atoms with van der Waals surface area (Å²) in [6, 6.07) is 25.3. The molecule has 0 N–H and O–H groups in total. The van der Waals surface area contributed by atoms with Crippen LogP contribution in [0.1, 0.15) is 22.8 Å². The van der Waals surface area contributed by atoms with Gasteiger partial charge in [-0.25, -0.2) is 0 Å². The first-order valence-electron chi connectivity index (χ1n) is 8.27. The number of nitro groups is 1. The van der Waals surface area contributed by atoms with E-state index in [0.717, 1.165) is 11.1 Å². The van der Waals surface area contributed by atoms with Crippen LogP contribution in [0.2, 0.25) is 0 Å². The highest BCUT2D eigenvalue weighted by atomic mass is 16.6. The predicted octanol–water partition coefficient (Wildman–Crippen LogP) is 4.74. The first-order chi connectivity index (χ1) is 13.2. The molecule has 132 valence electrons. The number of benzene rings is 3. The molecular weight excluding hydrogens is 340 g/mol. The van der Waals surface area contributed by atoms with E-state index in [2.05, 4.69) is 17.0 Å². The van der Waals surface area contributed by atoms with Crippen molar-refractivity contribution in [1.82, 2.24) is 0 Å². The second-order valence-electron chi connectivity index (χ2n) is 5.61. The second kappa shape index (κ2) is 8.97. The van der Waals surface area contributed by atoms with Gasteiger partial charge >= 0.3 is 0 Å². The van der Waals surface area contributed by atoms with Gasteiger partial charge in [0, 0.05) is 23.3 Å². The molecule has 5 heteroatoms. The molecule has 3 aromatic carbocycles. The number of oxime groups is 1. The number of nitrogens with zero attached hydrogens (tertiary/aromatic N) is 2. The van der Waals surface area contributed by atoms with Crippen molar-refractivity contribution >= 4 is 11.9 Å². The topological polar surface area (TPSA) is 64.7 Å². The molecule has 0 spiro atoms. The maximum absolute atomic E-state index is 10.7. The van der Waals surface area contributed by atoms with E-state index in [9.17, 15) is 10.1 Å². The minimum atomic E-state index is -0.527. The number of hydrogen-bond donors (Lipinski definition) is 0. The summed E-state index contributed by atoms with van der Waals surface area (Å²) < 4.78 is 0. The van der Waals surface area contributed by atoms with Gasteiger partial charge in [-0.3, -0.25) is 10.1 Å². The molecule has 1 atom stereocenters. The van der Waals surface area contributed by atoms with Crippen LogP contribution >= 0.6 is 0 Å². The third kappa shape index (κ3) is 5.28. The maximum Gasteiger partial charge on any atom is 0.269 e. The van der Waals surface area contributed by atoms with Crippen LogP contribution in [-0.4, -0.2) is 11.1 Å². The van der Waals surface area contributed by atoms with Gasteiger partial charge in [-0.1, -0.05) is 59.6 Å². The van der Waals surface area contributed by atoms with E-state index >= 15 is 0 Å². The molecule has 0 aliphatic rings. The van der Waals surface area contributed by atoms with E-state index in [4.69, 9.17) is 4.84 Å². The van der Waals surface area contributed by atoms with Gasteiger partial charge in [-0.15, -0.1) is 0 Å². The SMILES string of the molecule is O=[N+]([O-])c1ccc(/C=N/OC(C#Cc2ccccc2)c2ccccc2)cc1. The van der Waals surface area contributed by atoms with Gasteiger partial charge in [0.1, 0.15) is 0 Å². The Morgan fingerprint density at radius 2 is 1.56 bits per heavy atom. The lowest BCUT2D eigenvalue weighted by molar-refractivity contribution is -0.384. The van der Waals surface area contributed by atoms with Crippen molar-refractivity contribution in [3.8, 4) is 11.8 Å². The summed E-state index contributed by atoms with van der Waals surface area (Å²) in [4.78, 5) is 15.8. The molecule has 0 radical (unpaired) electrons. The van der Waals surface area contributed by atoms with Gasteiger partial charge in [-0.05, 0) is 35.7 Å². The van der Waals surface area contributed by atoms with Crippen molar-refractivity contribution in [3.63, 3.8) is 0 Å². The Kier molecular flexibility index (Phi) is 5.95. The summed E-state index contributed by atoms with van der Waals surface area (Å²) >= 11 is 0. The Morgan fingerprint density at radius 3 is 2.19 bits per heavy atom. The molecule has 27 heavy (non-hydrogen) atoms. The number of hydrogen-bond acceptors (Lipinski definition) is 4. The van der Waals surface area contributed by atoms with E-state index in [-0.39, 0.29) is 5.69 Å². The highest BCUT2D eigenvalue weighted by molar-refractivity contribution is 5.79. The van der Waals surface area contributed by atoms with E-state index in [1.807, 2.05) is 60.7 Å². The predicted molar refractivity (Wildman–Crippen MR) is 104 cm³/mol. The fourth-order valence-corrected chi connectivity index (χ4v) is 2.30. The Bertz CT molecular complexity index is 973. The molecule has 0 heterocycles. The van der Waals surface area contributed by atoms with Crippen molar-refractivity contribution in [2.24, 2.45) is 5.16 Å². The molecule has 1 unspecified atom stereocenters. The normalized spacial score (nSPS) is 11.4. The number of nitro benzene ring substituents is 1. The van der Waals surface area contributed by atoms with Crippen LogP contribution in [0.3, 0.4) is 0 Å². The first-order valence-corrected chi connectivity index (χ1v) is 8.27. The van der Waals surface area contributed by atoms with Gasteiger partial charge in [-0.2, -0.15) is 0 Å². The molecule has 0 aliphatic heterocycles. The van der Waals surface area contributed by atoms with Crippen molar-refractivity contribution in [2.75, 3.05) is 0 Å². The average molecular weight is 356 g/mol. The molecule has 3 rings (SSSR count). The maximum atomic E-state index is 10.7. The smallest absolute Gasteiger partial charge is 0.269 e. The van der Waals surface area contributed by atoms with Gasteiger partial charge in [0.15, 0.2) is 0 Å². The quantitative estimate of drug-likeness (QED) is 0.287. The zero-order chi connectivity index (χ0) is 18.9. The zero-order valence-corrected chi connectivity index (χ0v) is 14.4. The Hall–Kier alpha value is -3.91. The summed E-state index contributed by atoms with van der Waals surface area (Å²) in [5, 5.41) is 14.7. The third-order valence-corrected chi connectivity index (χ3v) is 3.70. The molecule has 5 nitrogen and oxygen atoms in total. The Balaban J connectivity index is 1.75. The molecule has 0 aromatic heterocycles. The monoisotopic (exact) mass is 356 g/mol. The van der Waals surface area contributed by atoms with Crippen LogP contribution in [0.25, 0.3) is 0 Å². The molecule has 0 bridgehead atoms. The van der Waals surface area contributed by atoms with Crippen molar-refractivity contribution < 1.29 is 9.76 Å². The summed E-state index contributed by atoms with van der Waals surface area (Å²) in [6.07, 6.45) is 0.977. The van der Waals surface area contributed by atoms with E-state index in [1.165, 1.54) is 18.3 Å². The van der Waals surface area contributed by atoms with Crippen LogP contribution in [-0.2, 0) is 4.84 Å². The largest absolute Gasteiger partial charge is 0.374 e. The van der Waals surface area contributed by atoms with Crippen LogP contribution in [0.4, 0.5) is 5.69 Å². The lowest BCUT2D eigenvalue weighted by Crippen LogP contribution is -1.98. The summed E-state index contributed by atoms with van der Waals surface area (Å²) in [7, 11) is 0. The van der Waals surface area contributed by atoms with E-state index < -0.39 is 11.0 Å². The fraction of sp³-hybridized carbons (Fsp3) is 0.0455. The summed E-state index contributed by atoms with van der Waals surface area (Å²) in [6.45, 7) is 0. The van der Waals surface area contributed by atoms with Gasteiger partial charge in [0.05, 0.1) is 11.1 Å². The molecule has 0 aliphatic carbocycles. The lowest BCUT2D eigenvalue weighted by atomic mass is 10.1. The van der Waals surface area contributed by atoms with Gasteiger partial charge in [0.2, 0.25) is 6.10 Å². The molecule has 0 saturated heterocycles. The molecule has 0 amide bonds. The number of rotatable bonds is 5. The van der Waals surface area contributed by atoms with Crippen LogP contribution in [0, 0.1) is 22.0 Å². The van der Waals surface area contributed by atoms with E-state index in [1.54, 1.807) is 12.1 Å². The summed E-state index contributed by atoms with van der Waals surface area (Å²) in [5.74, 6) is 6.18. The molecule has 3 aromatic rings. The molecule has 0 fully saturated rings. The van der Waals surface area contributed by atoms with E-state index in [0.29, 0.717) is 5.56 Å². The number of non-ortho nitro benzene ring substituents is 1. The minimum Gasteiger partial charge on any atom is -0.374 e. The van der Waals surface area contributed by atoms with Crippen molar-refractivity contribution in [3.05, 3.63) is 112 Å². The summed E-state index contributed by atoms with van der Waals surface area (Å²) in [5.41, 5.74) is 2.51. The first kappa shape index (κ1) is 17.9. The Morgan fingerprint density at radius 1 is 0.926 bits per heavy atom. The van der Waals surface area contributed by atoms with Crippen molar-refractivity contribution in [2.45, 2.75) is 6.10 Å². The van der Waals surface area contributed by atoms with Crippen LogP contribution in [0.15, 0.2) is 90.1 Å². The molecular formula is C22H16N2O3. The fourth-order valence-electron chi connectivity index (χ4n) is 2.30. The molecule has 0 saturated carbocycles. The van der Waals surface area contributed by atoms with Crippen molar-refractivity contribution in [1.29, 1.82) is 0 Å². The van der Waals surface area contributed by atoms with Crippen LogP contribution in [0.5, 0.6) is 0 Å². The van der Waals surface area contributed by atoms with Gasteiger partial charge < -0.3 is 4.84 Å². The van der Waals surface area contributed by atoms with Gasteiger partial charge in [0.25, 0.3) is 5.69 Å². The Labute approximate surface area is 157 Å². The zero-order valence-electron chi connectivity index (χ0n) is 14.4.